The maximum Gasteiger partial charge on any atom is 0.266 e. The van der Waals surface area contributed by atoms with Crippen molar-refractivity contribution in [2.45, 2.75) is 17.6 Å². The Labute approximate surface area is 95.2 Å². The van der Waals surface area contributed by atoms with Crippen molar-refractivity contribution in [1.29, 1.82) is 0 Å². The highest BCUT2D eigenvalue weighted by atomic mass is 32.2. The Morgan fingerprint density at radius 3 is 2.80 bits per heavy atom. The van der Waals surface area contributed by atoms with E-state index in [1.54, 1.807) is 6.07 Å². The van der Waals surface area contributed by atoms with Crippen molar-refractivity contribution in [2.24, 2.45) is 0 Å². The largest absolute Gasteiger partial charge is 0.294 e. The minimum Gasteiger partial charge on any atom is -0.294 e. The lowest BCUT2D eigenvalue weighted by molar-refractivity contribution is 0.102. The van der Waals surface area contributed by atoms with Gasteiger partial charge in [0.2, 0.25) is 0 Å². The van der Waals surface area contributed by atoms with E-state index in [0.29, 0.717) is 17.1 Å². The van der Waals surface area contributed by atoms with E-state index < -0.39 is 6.08 Å². The Balaban J connectivity index is 2.38. The van der Waals surface area contributed by atoms with Gasteiger partial charge in [-0.2, -0.15) is 8.78 Å². The van der Waals surface area contributed by atoms with Crippen molar-refractivity contribution < 1.29 is 13.6 Å². The van der Waals surface area contributed by atoms with Gasteiger partial charge in [0, 0.05) is 5.75 Å². The molecule has 15 heavy (non-hydrogen) atoms. The van der Waals surface area contributed by atoms with Crippen molar-refractivity contribution in [1.82, 2.24) is 0 Å². The highest BCUT2D eigenvalue weighted by molar-refractivity contribution is 8.01. The smallest absolute Gasteiger partial charge is 0.266 e. The van der Waals surface area contributed by atoms with Crippen molar-refractivity contribution in [2.75, 3.05) is 5.75 Å². The molecule has 1 rings (SSSR count). The summed E-state index contributed by atoms with van der Waals surface area (Å²) in [6.45, 7) is 1.52. The molecule has 0 saturated carbocycles. The van der Waals surface area contributed by atoms with E-state index in [4.69, 9.17) is 0 Å². The molecule has 0 aliphatic carbocycles. The summed E-state index contributed by atoms with van der Waals surface area (Å²) in [5.74, 6) is 0.649. The lowest BCUT2D eigenvalue weighted by atomic mass is 10.4. The number of carbonyl (C=O) groups is 1. The monoisotopic (exact) mass is 248 g/mol. The molecule has 0 aromatic carbocycles. The third-order valence-electron chi connectivity index (χ3n) is 1.59. The van der Waals surface area contributed by atoms with E-state index in [0.717, 1.165) is 10.3 Å². The number of halogens is 2. The molecule has 5 heteroatoms. The van der Waals surface area contributed by atoms with Gasteiger partial charge in [0.1, 0.15) is 0 Å². The summed E-state index contributed by atoms with van der Waals surface area (Å²) in [5, 5.41) is 0. The number of hydrogen-bond acceptors (Lipinski definition) is 3. The fraction of sp³-hybridized carbons (Fsp3) is 0.300. The lowest BCUT2D eigenvalue weighted by Gasteiger charge is -1.93. The molecule has 0 aliphatic heterocycles. The van der Waals surface area contributed by atoms with Crippen LogP contribution in [0.25, 0.3) is 0 Å². The fourth-order valence-electron chi connectivity index (χ4n) is 0.914. The molecule has 0 fully saturated rings. The summed E-state index contributed by atoms with van der Waals surface area (Å²) >= 11 is 2.89. The molecule has 0 N–H and O–H groups in total. The zero-order valence-corrected chi connectivity index (χ0v) is 9.76. The van der Waals surface area contributed by atoms with Gasteiger partial charge in [-0.3, -0.25) is 4.79 Å². The second-order valence-corrected chi connectivity index (χ2v) is 5.28. The highest BCUT2D eigenvalue weighted by Gasteiger charge is 2.03. The second kappa shape index (κ2) is 6.02. The van der Waals surface area contributed by atoms with Gasteiger partial charge >= 0.3 is 0 Å². The Morgan fingerprint density at radius 2 is 2.27 bits per heavy atom. The van der Waals surface area contributed by atoms with Crippen molar-refractivity contribution in [3.63, 3.8) is 0 Å². The van der Waals surface area contributed by atoms with Gasteiger partial charge < -0.3 is 0 Å². The number of allylic oxidation sites excluding steroid dienone is 1. The molecule has 0 atom stereocenters. The SMILES string of the molecule is CC(=O)c1ccc(SCCC=C(F)F)s1. The van der Waals surface area contributed by atoms with Crippen LogP contribution in [0.1, 0.15) is 23.0 Å². The number of thiophene rings is 1. The van der Waals surface area contributed by atoms with Gasteiger partial charge in [-0.1, -0.05) is 0 Å². The summed E-state index contributed by atoms with van der Waals surface area (Å²) in [5.41, 5.74) is 0. The molecular formula is C10H10F2OS2. The Bertz CT molecular complexity index is 367. The first kappa shape index (κ1) is 12.4. The molecule has 0 amide bonds. The molecule has 0 unspecified atom stereocenters. The van der Waals surface area contributed by atoms with Gasteiger partial charge in [0.05, 0.1) is 9.09 Å². The number of hydrogen-bond donors (Lipinski definition) is 0. The summed E-state index contributed by atoms with van der Waals surface area (Å²) in [6.07, 6.45) is -0.376. The van der Waals surface area contributed by atoms with Crippen LogP contribution in [0.4, 0.5) is 8.78 Å². The van der Waals surface area contributed by atoms with Crippen LogP contribution in [0.3, 0.4) is 0 Å². The van der Waals surface area contributed by atoms with Crippen LogP contribution in [0.15, 0.2) is 28.5 Å². The first-order valence-corrected chi connectivity index (χ1v) is 6.14. The number of ketones is 1. The van der Waals surface area contributed by atoms with Crippen LogP contribution in [0.2, 0.25) is 0 Å². The molecular weight excluding hydrogens is 238 g/mol. The van der Waals surface area contributed by atoms with Crippen molar-refractivity contribution in [3.05, 3.63) is 29.2 Å². The maximum atomic E-state index is 11.7. The van der Waals surface area contributed by atoms with Gasteiger partial charge in [-0.15, -0.1) is 23.1 Å². The van der Waals surface area contributed by atoms with Crippen molar-refractivity contribution in [3.8, 4) is 0 Å². The summed E-state index contributed by atoms with van der Waals surface area (Å²) in [7, 11) is 0. The second-order valence-electron chi connectivity index (χ2n) is 2.81. The van der Waals surface area contributed by atoms with Crippen LogP contribution in [0.5, 0.6) is 0 Å². The average molecular weight is 248 g/mol. The zero-order valence-electron chi connectivity index (χ0n) is 8.13. The molecule has 0 aliphatic rings. The van der Waals surface area contributed by atoms with Gasteiger partial charge in [-0.25, -0.2) is 0 Å². The summed E-state index contributed by atoms with van der Waals surface area (Å²) < 4.78 is 24.4. The summed E-state index contributed by atoms with van der Waals surface area (Å²) in [4.78, 5) is 11.7. The van der Waals surface area contributed by atoms with E-state index in [-0.39, 0.29) is 5.78 Å². The van der Waals surface area contributed by atoms with E-state index >= 15 is 0 Å². The molecule has 0 saturated heterocycles. The van der Waals surface area contributed by atoms with Crippen LogP contribution in [-0.4, -0.2) is 11.5 Å². The van der Waals surface area contributed by atoms with Gasteiger partial charge in [0.25, 0.3) is 6.08 Å². The average Bonchev–Trinajstić information content (AvgIpc) is 2.60. The molecule has 1 aromatic heterocycles. The third-order valence-corrected chi connectivity index (χ3v) is 4.03. The van der Waals surface area contributed by atoms with E-state index in [9.17, 15) is 13.6 Å². The minimum atomic E-state index is -1.63. The molecule has 1 aromatic rings. The quantitative estimate of drug-likeness (QED) is 0.441. The van der Waals surface area contributed by atoms with Crippen LogP contribution >= 0.6 is 23.1 Å². The fourth-order valence-corrected chi connectivity index (χ4v) is 2.90. The lowest BCUT2D eigenvalue weighted by Crippen LogP contribution is -1.83. The van der Waals surface area contributed by atoms with Crippen molar-refractivity contribution >= 4 is 28.9 Å². The maximum absolute atomic E-state index is 11.7. The minimum absolute atomic E-state index is 0.0431. The number of thioether (sulfide) groups is 1. The predicted octanol–water partition coefficient (Wildman–Crippen LogP) is 4.21. The highest BCUT2D eigenvalue weighted by Crippen LogP contribution is 2.28. The zero-order chi connectivity index (χ0) is 11.3. The number of Topliss-reactive ketones (excluding diaryl/α,β-unsaturated/α-hetero) is 1. The van der Waals surface area contributed by atoms with E-state index in [1.807, 2.05) is 6.07 Å². The summed E-state index contributed by atoms with van der Waals surface area (Å²) in [6, 6.07) is 3.61. The molecule has 1 nitrogen and oxygen atoms in total. The topological polar surface area (TPSA) is 17.1 Å². The normalized spacial score (nSPS) is 10.1. The number of carbonyl (C=O) groups excluding carboxylic acids is 1. The van der Waals surface area contributed by atoms with E-state index in [2.05, 4.69) is 0 Å². The molecule has 82 valence electrons. The standard InChI is InChI=1S/C10H10F2OS2/c1-7(13)8-4-5-10(15-8)14-6-2-3-9(11)12/h3-5H,2,6H2,1H3. The predicted molar refractivity (Wildman–Crippen MR) is 60.0 cm³/mol. The molecule has 0 bridgehead atoms. The number of rotatable bonds is 5. The van der Waals surface area contributed by atoms with Gasteiger partial charge in [-0.05, 0) is 31.6 Å². The van der Waals surface area contributed by atoms with Crippen LogP contribution in [0, 0.1) is 0 Å². The van der Waals surface area contributed by atoms with E-state index in [1.165, 1.54) is 30.0 Å². The Morgan fingerprint density at radius 1 is 1.53 bits per heavy atom. The Hall–Kier alpha value is -0.680. The third kappa shape index (κ3) is 4.57. The first-order valence-electron chi connectivity index (χ1n) is 4.34. The van der Waals surface area contributed by atoms with Gasteiger partial charge in [0.15, 0.2) is 5.78 Å². The Kier molecular flexibility index (Phi) is 4.98. The molecule has 0 radical (unpaired) electrons. The molecule has 1 heterocycles. The first-order chi connectivity index (χ1) is 7.09. The van der Waals surface area contributed by atoms with Crippen LogP contribution in [-0.2, 0) is 0 Å². The molecule has 0 spiro atoms. The van der Waals surface area contributed by atoms with Crippen LogP contribution < -0.4 is 0 Å².